The summed E-state index contributed by atoms with van der Waals surface area (Å²) in [5.74, 6) is -0.809. The molecule has 1 aromatic carbocycles. The Balaban J connectivity index is 1.78. The van der Waals surface area contributed by atoms with Gasteiger partial charge in [0, 0.05) is 13.1 Å². The molecule has 0 aliphatic heterocycles. The summed E-state index contributed by atoms with van der Waals surface area (Å²) >= 11 is 0. The molecule has 0 spiro atoms. The zero-order valence-electron chi connectivity index (χ0n) is 12.5. The van der Waals surface area contributed by atoms with Crippen LogP contribution in [-0.2, 0) is 17.8 Å². The smallest absolute Gasteiger partial charge is 0.307 e. The molecule has 4 nitrogen and oxygen atoms in total. The summed E-state index contributed by atoms with van der Waals surface area (Å²) in [5.41, 5.74) is 1.37. The first-order valence-corrected chi connectivity index (χ1v) is 7.80. The van der Waals surface area contributed by atoms with Crippen LogP contribution in [0.3, 0.4) is 0 Å². The van der Waals surface area contributed by atoms with Gasteiger partial charge in [-0.2, -0.15) is 0 Å². The summed E-state index contributed by atoms with van der Waals surface area (Å²) in [4.78, 5) is 10.6. The Labute approximate surface area is 126 Å². The van der Waals surface area contributed by atoms with E-state index >= 15 is 0 Å². The summed E-state index contributed by atoms with van der Waals surface area (Å²) in [5, 5.41) is 22.6. The quantitative estimate of drug-likeness (QED) is 0.704. The fraction of sp³-hybridized carbons (Fsp3) is 0.588. The molecule has 0 saturated heterocycles. The van der Waals surface area contributed by atoms with Gasteiger partial charge in [-0.3, -0.25) is 4.79 Å². The molecule has 0 amide bonds. The number of rotatable bonds is 6. The molecule has 0 bridgehead atoms. The molecule has 2 rings (SSSR count). The van der Waals surface area contributed by atoms with Gasteiger partial charge in [0.25, 0.3) is 0 Å². The van der Waals surface area contributed by atoms with Crippen molar-refractivity contribution in [1.29, 1.82) is 0 Å². The number of aliphatic hydroxyl groups is 1. The van der Waals surface area contributed by atoms with Crippen LogP contribution < -0.4 is 5.32 Å². The molecule has 3 N–H and O–H groups in total. The Morgan fingerprint density at radius 3 is 2.19 bits per heavy atom. The molecule has 0 unspecified atom stereocenters. The normalized spacial score (nSPS) is 18.1. The second-order valence-corrected chi connectivity index (χ2v) is 6.13. The van der Waals surface area contributed by atoms with Gasteiger partial charge in [0.2, 0.25) is 0 Å². The number of benzene rings is 1. The van der Waals surface area contributed by atoms with Crippen LogP contribution in [0, 0.1) is 0 Å². The highest BCUT2D eigenvalue weighted by molar-refractivity contribution is 5.70. The van der Waals surface area contributed by atoms with E-state index in [4.69, 9.17) is 5.11 Å². The summed E-state index contributed by atoms with van der Waals surface area (Å²) in [6.07, 6.45) is 6.52. The summed E-state index contributed by atoms with van der Waals surface area (Å²) in [6, 6.07) is 7.60. The van der Waals surface area contributed by atoms with Gasteiger partial charge in [-0.1, -0.05) is 49.9 Å². The van der Waals surface area contributed by atoms with E-state index in [0.29, 0.717) is 13.1 Å². The topological polar surface area (TPSA) is 69.6 Å². The average Bonchev–Trinajstić information content (AvgIpc) is 2.65. The van der Waals surface area contributed by atoms with Crippen molar-refractivity contribution < 1.29 is 15.0 Å². The highest BCUT2D eigenvalue weighted by atomic mass is 16.4. The maximum atomic E-state index is 10.6. The van der Waals surface area contributed by atoms with Gasteiger partial charge < -0.3 is 15.5 Å². The lowest BCUT2D eigenvalue weighted by molar-refractivity contribution is -0.136. The number of carboxylic acids is 1. The Kier molecular flexibility index (Phi) is 5.76. The molecule has 0 aromatic heterocycles. The van der Waals surface area contributed by atoms with E-state index in [1.165, 1.54) is 12.8 Å². The van der Waals surface area contributed by atoms with Crippen LogP contribution >= 0.6 is 0 Å². The zero-order chi connectivity index (χ0) is 15.1. The van der Waals surface area contributed by atoms with Gasteiger partial charge in [-0.25, -0.2) is 0 Å². The fourth-order valence-corrected chi connectivity index (χ4v) is 2.95. The first-order chi connectivity index (χ1) is 10.1. The predicted octanol–water partition coefficient (Wildman–Crippen LogP) is 2.49. The zero-order valence-corrected chi connectivity index (χ0v) is 12.5. The number of carboxylic acid groups (broad SMARTS) is 1. The monoisotopic (exact) mass is 291 g/mol. The van der Waals surface area contributed by atoms with Crippen LogP contribution in [-0.4, -0.2) is 28.3 Å². The van der Waals surface area contributed by atoms with E-state index in [1.54, 1.807) is 0 Å². The molecule has 1 aliphatic rings. The van der Waals surface area contributed by atoms with Crippen LogP contribution in [0.15, 0.2) is 24.3 Å². The van der Waals surface area contributed by atoms with Crippen LogP contribution in [0.5, 0.6) is 0 Å². The van der Waals surface area contributed by atoms with Gasteiger partial charge in [0.15, 0.2) is 0 Å². The van der Waals surface area contributed by atoms with E-state index < -0.39 is 11.6 Å². The van der Waals surface area contributed by atoms with Crippen LogP contribution in [0.1, 0.15) is 49.7 Å². The highest BCUT2D eigenvalue weighted by Crippen LogP contribution is 2.26. The van der Waals surface area contributed by atoms with E-state index in [1.807, 2.05) is 24.3 Å². The number of carbonyl (C=O) groups is 1. The molecule has 1 fully saturated rings. The third kappa shape index (κ3) is 5.48. The minimum Gasteiger partial charge on any atom is -0.481 e. The summed E-state index contributed by atoms with van der Waals surface area (Å²) in [7, 11) is 0. The van der Waals surface area contributed by atoms with Gasteiger partial charge >= 0.3 is 5.97 Å². The Morgan fingerprint density at radius 1 is 1.05 bits per heavy atom. The minimum absolute atomic E-state index is 0.0630. The molecule has 1 aliphatic carbocycles. The van der Waals surface area contributed by atoms with E-state index in [0.717, 1.165) is 36.8 Å². The van der Waals surface area contributed by atoms with Gasteiger partial charge in [0.1, 0.15) is 0 Å². The summed E-state index contributed by atoms with van der Waals surface area (Å²) < 4.78 is 0. The number of nitrogens with one attached hydrogen (secondary N) is 1. The molecule has 21 heavy (non-hydrogen) atoms. The van der Waals surface area contributed by atoms with Gasteiger partial charge in [0.05, 0.1) is 12.0 Å². The molecular formula is C17H25NO3. The third-order valence-corrected chi connectivity index (χ3v) is 4.20. The van der Waals surface area contributed by atoms with Crippen molar-refractivity contribution in [3.8, 4) is 0 Å². The van der Waals surface area contributed by atoms with E-state index in [-0.39, 0.29) is 6.42 Å². The second kappa shape index (κ2) is 7.57. The van der Waals surface area contributed by atoms with Gasteiger partial charge in [-0.15, -0.1) is 0 Å². The standard InChI is InChI=1S/C17H25NO3/c19-16(20)11-14-5-7-15(8-6-14)12-18-13-17(21)9-3-1-2-4-10-17/h5-8,18,21H,1-4,9-13H2,(H,19,20). The molecule has 1 aromatic rings. The third-order valence-electron chi connectivity index (χ3n) is 4.20. The van der Waals surface area contributed by atoms with Crippen LogP contribution in [0.4, 0.5) is 0 Å². The molecular weight excluding hydrogens is 266 g/mol. The first kappa shape index (κ1) is 16.0. The average molecular weight is 291 g/mol. The molecule has 1 saturated carbocycles. The first-order valence-electron chi connectivity index (χ1n) is 7.80. The highest BCUT2D eigenvalue weighted by Gasteiger charge is 2.27. The summed E-state index contributed by atoms with van der Waals surface area (Å²) in [6.45, 7) is 1.33. The van der Waals surface area contributed by atoms with Crippen molar-refractivity contribution in [1.82, 2.24) is 5.32 Å². The van der Waals surface area contributed by atoms with Crippen molar-refractivity contribution in [3.05, 3.63) is 35.4 Å². The lowest BCUT2D eigenvalue weighted by Crippen LogP contribution is -2.39. The van der Waals surface area contributed by atoms with E-state index in [2.05, 4.69) is 5.32 Å². The van der Waals surface area contributed by atoms with Crippen molar-refractivity contribution in [3.63, 3.8) is 0 Å². The molecule has 4 heteroatoms. The van der Waals surface area contributed by atoms with Crippen molar-refractivity contribution in [2.75, 3.05) is 6.54 Å². The molecule has 0 heterocycles. The van der Waals surface area contributed by atoms with Crippen molar-refractivity contribution in [2.24, 2.45) is 0 Å². The SMILES string of the molecule is O=C(O)Cc1ccc(CNCC2(O)CCCCCC2)cc1. The number of hydrogen-bond acceptors (Lipinski definition) is 3. The van der Waals surface area contributed by atoms with Gasteiger partial charge in [-0.05, 0) is 24.0 Å². The fourth-order valence-electron chi connectivity index (χ4n) is 2.95. The maximum Gasteiger partial charge on any atom is 0.307 e. The van der Waals surface area contributed by atoms with Crippen molar-refractivity contribution in [2.45, 2.75) is 57.1 Å². The Morgan fingerprint density at radius 2 is 1.62 bits per heavy atom. The van der Waals surface area contributed by atoms with E-state index in [9.17, 15) is 9.90 Å². The lowest BCUT2D eigenvalue weighted by atomic mass is 9.94. The van der Waals surface area contributed by atoms with Crippen LogP contribution in [0.25, 0.3) is 0 Å². The van der Waals surface area contributed by atoms with Crippen molar-refractivity contribution >= 4 is 5.97 Å². The molecule has 0 atom stereocenters. The molecule has 0 radical (unpaired) electrons. The lowest BCUT2D eigenvalue weighted by Gasteiger charge is -2.27. The Hall–Kier alpha value is -1.39. The molecule has 116 valence electrons. The number of aliphatic carboxylic acids is 1. The minimum atomic E-state index is -0.809. The second-order valence-electron chi connectivity index (χ2n) is 6.13. The Bertz CT molecular complexity index is 448. The maximum absolute atomic E-state index is 10.6. The number of hydrogen-bond donors (Lipinski definition) is 3. The van der Waals surface area contributed by atoms with Crippen LogP contribution in [0.2, 0.25) is 0 Å². The largest absolute Gasteiger partial charge is 0.481 e. The predicted molar refractivity (Wildman–Crippen MR) is 82.1 cm³/mol.